The van der Waals surface area contributed by atoms with E-state index in [0.29, 0.717) is 11.3 Å². The molecular formula is C23H19N3O2. The summed E-state index contributed by atoms with van der Waals surface area (Å²) in [7, 11) is 0. The summed E-state index contributed by atoms with van der Waals surface area (Å²) in [4.78, 5) is 16.0. The van der Waals surface area contributed by atoms with Crippen LogP contribution in [0.25, 0.3) is 6.08 Å². The van der Waals surface area contributed by atoms with E-state index in [1.54, 1.807) is 0 Å². The zero-order valence-electron chi connectivity index (χ0n) is 15.6. The minimum atomic E-state index is -0.192. The molecule has 0 unspecified atom stereocenters. The number of hydrogen-bond donors (Lipinski definition) is 2. The molecule has 2 N–H and O–H groups in total. The van der Waals surface area contributed by atoms with Gasteiger partial charge < -0.3 is 9.72 Å². The van der Waals surface area contributed by atoms with Gasteiger partial charge >= 0.3 is 0 Å². The lowest BCUT2D eigenvalue weighted by Crippen LogP contribution is -2.21. The number of carbonyl (C=O) groups is 1. The Morgan fingerprint density at radius 2 is 1.64 bits per heavy atom. The van der Waals surface area contributed by atoms with Crippen LogP contribution in [-0.2, 0) is 4.79 Å². The minimum Gasteiger partial charge on any atom is -0.457 e. The monoisotopic (exact) mass is 369 g/mol. The van der Waals surface area contributed by atoms with Crippen LogP contribution in [0.5, 0.6) is 11.5 Å². The van der Waals surface area contributed by atoms with Gasteiger partial charge in [-0.15, -0.1) is 0 Å². The molecule has 5 rings (SSSR count). The van der Waals surface area contributed by atoms with Crippen molar-refractivity contribution >= 4 is 17.7 Å². The van der Waals surface area contributed by atoms with Crippen molar-refractivity contribution in [1.82, 2.24) is 10.4 Å². The number of H-pyrrole nitrogens is 1. The molecule has 5 nitrogen and oxygen atoms in total. The fraction of sp³-hybridized carbons (Fsp3) is 0.130. The first-order valence-corrected chi connectivity index (χ1v) is 9.24. The van der Waals surface area contributed by atoms with Crippen molar-refractivity contribution in [2.75, 3.05) is 0 Å². The molecule has 0 saturated carbocycles. The maximum Gasteiger partial charge on any atom is 0.273 e. The summed E-state index contributed by atoms with van der Waals surface area (Å²) in [5.74, 6) is 1.21. The number of nitrogens with zero attached hydrogens (tertiary/aromatic N) is 1. The lowest BCUT2D eigenvalue weighted by Gasteiger charge is -2.28. The van der Waals surface area contributed by atoms with Crippen LogP contribution in [0.3, 0.4) is 0 Å². The second kappa shape index (κ2) is 6.23. The van der Waals surface area contributed by atoms with E-state index in [0.717, 1.165) is 39.6 Å². The molecule has 138 valence electrons. The van der Waals surface area contributed by atoms with Gasteiger partial charge in [0.15, 0.2) is 0 Å². The molecule has 1 amide bonds. The molecule has 0 fully saturated rings. The topological polar surface area (TPSA) is 66.5 Å². The maximum absolute atomic E-state index is 12.6. The van der Waals surface area contributed by atoms with E-state index in [2.05, 4.69) is 21.6 Å². The number of aryl methyl sites for hydroxylation is 2. The molecule has 2 aromatic carbocycles. The highest BCUT2D eigenvalue weighted by molar-refractivity contribution is 6.30. The number of aromatic nitrogens is 1. The highest BCUT2D eigenvalue weighted by atomic mass is 16.5. The second-order valence-corrected chi connectivity index (χ2v) is 7.16. The summed E-state index contributed by atoms with van der Waals surface area (Å²) < 4.78 is 6.08. The average molecular weight is 369 g/mol. The molecule has 0 saturated heterocycles. The summed E-state index contributed by atoms with van der Waals surface area (Å²) in [5.41, 5.74) is 9.01. The average Bonchev–Trinajstić information content (AvgIpc) is 3.21. The van der Waals surface area contributed by atoms with Gasteiger partial charge in [0.1, 0.15) is 11.5 Å². The number of benzene rings is 2. The van der Waals surface area contributed by atoms with E-state index < -0.39 is 0 Å². The molecule has 0 bridgehead atoms. The van der Waals surface area contributed by atoms with Gasteiger partial charge in [-0.25, -0.2) is 5.43 Å². The summed E-state index contributed by atoms with van der Waals surface area (Å²) in [5, 5.41) is 4.43. The SMILES string of the molecule is Cc1cc(C)c(/C=C2\C(=O)NN=C2C2c3ccccc3Oc3ccccc32)[nH]1. The van der Waals surface area contributed by atoms with Crippen LogP contribution >= 0.6 is 0 Å². The van der Waals surface area contributed by atoms with Gasteiger partial charge in [0.05, 0.1) is 17.2 Å². The zero-order valence-corrected chi connectivity index (χ0v) is 15.6. The summed E-state index contributed by atoms with van der Waals surface area (Å²) in [6.45, 7) is 4.03. The van der Waals surface area contributed by atoms with Crippen molar-refractivity contribution in [3.05, 3.63) is 88.2 Å². The Labute approximate surface area is 162 Å². The second-order valence-electron chi connectivity index (χ2n) is 7.16. The molecule has 3 heterocycles. The fourth-order valence-electron chi connectivity index (χ4n) is 3.96. The molecule has 1 aromatic heterocycles. The number of nitrogens with one attached hydrogen (secondary N) is 2. The smallest absolute Gasteiger partial charge is 0.273 e. The fourth-order valence-corrected chi connectivity index (χ4v) is 3.96. The molecule has 2 aliphatic rings. The van der Waals surface area contributed by atoms with E-state index in [1.807, 2.05) is 68.5 Å². The third kappa shape index (κ3) is 2.55. The number of para-hydroxylation sites is 2. The van der Waals surface area contributed by atoms with Crippen LogP contribution in [0.15, 0.2) is 65.3 Å². The van der Waals surface area contributed by atoms with Gasteiger partial charge in [-0.1, -0.05) is 36.4 Å². The summed E-state index contributed by atoms with van der Waals surface area (Å²) in [6.07, 6.45) is 1.89. The highest BCUT2D eigenvalue weighted by Crippen LogP contribution is 2.46. The molecule has 0 spiro atoms. The summed E-state index contributed by atoms with van der Waals surface area (Å²) in [6, 6.07) is 17.9. The third-order valence-electron chi connectivity index (χ3n) is 5.23. The predicted molar refractivity (Wildman–Crippen MR) is 109 cm³/mol. The highest BCUT2D eigenvalue weighted by Gasteiger charge is 2.37. The Kier molecular flexibility index (Phi) is 3.69. The van der Waals surface area contributed by atoms with E-state index >= 15 is 0 Å². The molecular weight excluding hydrogens is 350 g/mol. The number of ether oxygens (including phenoxy) is 1. The number of hydrogen-bond acceptors (Lipinski definition) is 3. The van der Waals surface area contributed by atoms with Crippen molar-refractivity contribution in [2.45, 2.75) is 19.8 Å². The Morgan fingerprint density at radius 1 is 1.00 bits per heavy atom. The van der Waals surface area contributed by atoms with Crippen LogP contribution < -0.4 is 10.2 Å². The van der Waals surface area contributed by atoms with Crippen LogP contribution in [0.2, 0.25) is 0 Å². The third-order valence-corrected chi connectivity index (χ3v) is 5.23. The van der Waals surface area contributed by atoms with Crippen LogP contribution in [0.1, 0.15) is 34.0 Å². The van der Waals surface area contributed by atoms with Crippen molar-refractivity contribution < 1.29 is 9.53 Å². The van der Waals surface area contributed by atoms with Gasteiger partial charge in [-0.3, -0.25) is 4.79 Å². The number of amides is 1. The normalized spacial score (nSPS) is 17.0. The predicted octanol–water partition coefficient (Wildman–Crippen LogP) is 4.44. The molecule has 3 aromatic rings. The Hall–Kier alpha value is -3.60. The zero-order chi connectivity index (χ0) is 19.3. The van der Waals surface area contributed by atoms with Crippen molar-refractivity contribution in [3.8, 4) is 11.5 Å². The quantitative estimate of drug-likeness (QED) is 0.656. The van der Waals surface area contributed by atoms with Crippen LogP contribution in [-0.4, -0.2) is 16.6 Å². The van der Waals surface area contributed by atoms with Crippen LogP contribution in [0.4, 0.5) is 0 Å². The molecule has 5 heteroatoms. The van der Waals surface area contributed by atoms with E-state index in [1.165, 1.54) is 0 Å². The lowest BCUT2D eigenvalue weighted by atomic mass is 9.81. The first-order valence-electron chi connectivity index (χ1n) is 9.24. The van der Waals surface area contributed by atoms with Gasteiger partial charge in [-0.2, -0.15) is 5.10 Å². The number of rotatable bonds is 2. The van der Waals surface area contributed by atoms with Gasteiger partial charge in [0.25, 0.3) is 5.91 Å². The van der Waals surface area contributed by atoms with E-state index in [9.17, 15) is 4.79 Å². The minimum absolute atomic E-state index is 0.178. The largest absolute Gasteiger partial charge is 0.457 e. The molecule has 28 heavy (non-hydrogen) atoms. The first-order chi connectivity index (χ1) is 13.6. The number of hydrazone groups is 1. The van der Waals surface area contributed by atoms with Crippen molar-refractivity contribution in [3.63, 3.8) is 0 Å². The van der Waals surface area contributed by atoms with Gasteiger partial charge in [-0.05, 0) is 43.7 Å². The standard InChI is InChI=1S/C23H19N3O2/c1-13-11-14(2)24-18(13)12-17-22(25-26-23(17)27)21-15-7-3-5-9-19(15)28-20-10-6-4-8-16(20)21/h3-12,21,24H,1-2H3,(H,26,27)/b17-12-. The Balaban J connectivity index is 1.68. The number of fused-ring (bicyclic) bond motifs is 2. The van der Waals surface area contributed by atoms with Crippen molar-refractivity contribution in [1.29, 1.82) is 0 Å². The van der Waals surface area contributed by atoms with Crippen molar-refractivity contribution in [2.24, 2.45) is 5.10 Å². The summed E-state index contributed by atoms with van der Waals surface area (Å²) >= 11 is 0. The lowest BCUT2D eigenvalue weighted by molar-refractivity contribution is -0.116. The van der Waals surface area contributed by atoms with E-state index in [4.69, 9.17) is 4.74 Å². The number of carbonyl (C=O) groups excluding carboxylic acids is 1. The maximum atomic E-state index is 12.6. The Bertz CT molecular complexity index is 1120. The number of aromatic amines is 1. The molecule has 0 atom stereocenters. The van der Waals surface area contributed by atoms with Gasteiger partial charge in [0.2, 0.25) is 0 Å². The molecule has 0 aliphatic carbocycles. The Morgan fingerprint density at radius 3 is 2.25 bits per heavy atom. The molecule has 2 aliphatic heterocycles. The van der Waals surface area contributed by atoms with E-state index in [-0.39, 0.29) is 11.8 Å². The first kappa shape index (κ1) is 16.6. The van der Waals surface area contributed by atoms with Crippen LogP contribution in [0, 0.1) is 13.8 Å². The van der Waals surface area contributed by atoms with Gasteiger partial charge in [0, 0.05) is 22.5 Å². The molecule has 0 radical (unpaired) electrons.